The van der Waals surface area contributed by atoms with Gasteiger partial charge in [-0.1, -0.05) is 54.9 Å². The summed E-state index contributed by atoms with van der Waals surface area (Å²) in [5.74, 6) is 0.297. The summed E-state index contributed by atoms with van der Waals surface area (Å²) in [5, 5.41) is 4.12. The van der Waals surface area contributed by atoms with Gasteiger partial charge in [0.1, 0.15) is 0 Å². The van der Waals surface area contributed by atoms with Gasteiger partial charge in [-0.15, -0.1) is 0 Å². The Balaban J connectivity index is 1.54. The van der Waals surface area contributed by atoms with Gasteiger partial charge in [0.2, 0.25) is 5.91 Å². The summed E-state index contributed by atoms with van der Waals surface area (Å²) >= 11 is 6.28. The Morgan fingerprint density at radius 3 is 2.50 bits per heavy atom. The van der Waals surface area contributed by atoms with E-state index in [-0.39, 0.29) is 17.9 Å². The van der Waals surface area contributed by atoms with Gasteiger partial charge in [-0.2, -0.15) is 0 Å². The molecular weight excluding hydrogens is 368 g/mol. The van der Waals surface area contributed by atoms with E-state index in [2.05, 4.69) is 55.3 Å². The molecule has 0 spiro atoms. The van der Waals surface area contributed by atoms with Crippen LogP contribution in [0.5, 0.6) is 0 Å². The van der Waals surface area contributed by atoms with Crippen molar-refractivity contribution >= 4 is 17.5 Å². The van der Waals surface area contributed by atoms with Crippen molar-refractivity contribution in [3.63, 3.8) is 0 Å². The zero-order chi connectivity index (χ0) is 20.1. The van der Waals surface area contributed by atoms with Crippen LogP contribution >= 0.6 is 11.6 Å². The Morgan fingerprint density at radius 1 is 1.14 bits per heavy atom. The lowest BCUT2D eigenvalue weighted by atomic mass is 9.94. The van der Waals surface area contributed by atoms with E-state index in [0.29, 0.717) is 0 Å². The van der Waals surface area contributed by atoms with Crippen molar-refractivity contribution < 1.29 is 4.79 Å². The summed E-state index contributed by atoms with van der Waals surface area (Å²) in [4.78, 5) is 15.3. The average molecular weight is 399 g/mol. The van der Waals surface area contributed by atoms with Crippen LogP contribution in [0.2, 0.25) is 5.02 Å². The number of amides is 1. The highest BCUT2D eigenvalue weighted by molar-refractivity contribution is 6.31. The maximum absolute atomic E-state index is 12.9. The molecule has 3 nitrogen and oxygen atoms in total. The molecule has 0 radical (unpaired) electrons. The third kappa shape index (κ3) is 5.15. The van der Waals surface area contributed by atoms with Gasteiger partial charge in [-0.3, -0.25) is 9.69 Å². The van der Waals surface area contributed by atoms with Gasteiger partial charge in [0.25, 0.3) is 0 Å². The molecule has 0 aromatic heterocycles. The first-order valence-corrected chi connectivity index (χ1v) is 10.7. The quantitative estimate of drug-likeness (QED) is 0.702. The molecule has 1 fully saturated rings. The van der Waals surface area contributed by atoms with Gasteiger partial charge in [-0.05, 0) is 74.5 Å². The van der Waals surface area contributed by atoms with Crippen LogP contribution in [0.1, 0.15) is 54.5 Å². The van der Waals surface area contributed by atoms with Crippen LogP contribution in [0.4, 0.5) is 0 Å². The second-order valence-electron chi connectivity index (χ2n) is 7.95. The number of rotatable bonds is 6. The zero-order valence-electron chi connectivity index (χ0n) is 17.2. The lowest BCUT2D eigenvalue weighted by molar-refractivity contribution is -0.127. The molecule has 0 bridgehead atoms. The highest BCUT2D eigenvalue weighted by Gasteiger charge is 2.26. The first-order chi connectivity index (χ1) is 13.5. The van der Waals surface area contributed by atoms with Crippen molar-refractivity contribution in [2.24, 2.45) is 5.92 Å². The van der Waals surface area contributed by atoms with E-state index in [4.69, 9.17) is 11.6 Å². The molecule has 2 aromatic rings. The van der Waals surface area contributed by atoms with Crippen LogP contribution < -0.4 is 5.32 Å². The van der Waals surface area contributed by atoms with Gasteiger partial charge in [0, 0.05) is 17.5 Å². The van der Waals surface area contributed by atoms with Gasteiger partial charge < -0.3 is 5.32 Å². The number of hydrogen-bond donors (Lipinski definition) is 1. The van der Waals surface area contributed by atoms with Crippen LogP contribution in [-0.2, 0) is 11.3 Å². The van der Waals surface area contributed by atoms with E-state index < -0.39 is 0 Å². The second-order valence-corrected chi connectivity index (χ2v) is 8.36. The first kappa shape index (κ1) is 20.9. The van der Waals surface area contributed by atoms with E-state index in [0.717, 1.165) is 49.5 Å². The van der Waals surface area contributed by atoms with Crippen LogP contribution in [0.25, 0.3) is 0 Å². The van der Waals surface area contributed by atoms with Crippen LogP contribution in [0.15, 0.2) is 42.5 Å². The molecule has 4 heteroatoms. The molecule has 3 rings (SSSR count). The Morgan fingerprint density at radius 2 is 1.86 bits per heavy atom. The lowest BCUT2D eigenvalue weighted by Gasteiger charge is -2.32. The summed E-state index contributed by atoms with van der Waals surface area (Å²) in [6.07, 6.45) is 2.71. The molecule has 1 aliphatic rings. The molecule has 150 valence electrons. The second kappa shape index (κ2) is 9.58. The average Bonchev–Trinajstić information content (AvgIpc) is 2.70. The highest BCUT2D eigenvalue weighted by atomic mass is 35.5. The Labute approximate surface area is 174 Å². The summed E-state index contributed by atoms with van der Waals surface area (Å²) in [5.41, 5.74) is 4.93. The van der Waals surface area contributed by atoms with E-state index >= 15 is 0 Å². The number of nitrogens with zero attached hydrogens (tertiary/aromatic N) is 1. The van der Waals surface area contributed by atoms with Crippen molar-refractivity contribution in [1.82, 2.24) is 10.2 Å². The van der Waals surface area contributed by atoms with E-state index in [1.54, 1.807) is 0 Å². The standard InChI is InChI=1S/C24H31ClN2O/c1-4-23(20-10-9-17(2)18(3)15-20)26-24(28)19-11-13-27(14-12-19)16-21-7-5-6-8-22(21)25/h5-10,15,19,23H,4,11-14,16H2,1-3H3,(H,26,28)/t23-/m1/s1. The number of nitrogens with one attached hydrogen (secondary N) is 1. The molecular formula is C24H31ClN2O. The SMILES string of the molecule is CC[C@@H](NC(=O)C1CCN(Cc2ccccc2Cl)CC1)c1ccc(C)c(C)c1. The number of aryl methyl sites for hydroxylation is 2. The fraction of sp³-hybridized carbons (Fsp3) is 0.458. The van der Waals surface area contributed by atoms with Crippen molar-refractivity contribution in [1.29, 1.82) is 0 Å². The van der Waals surface area contributed by atoms with Crippen molar-refractivity contribution in [2.75, 3.05) is 13.1 Å². The summed E-state index contributed by atoms with van der Waals surface area (Å²) in [6, 6.07) is 14.6. The first-order valence-electron chi connectivity index (χ1n) is 10.3. The molecule has 0 aliphatic carbocycles. The molecule has 0 saturated carbocycles. The minimum absolute atomic E-state index is 0.0907. The number of piperidine rings is 1. The van der Waals surface area contributed by atoms with Crippen LogP contribution in [0.3, 0.4) is 0 Å². The predicted molar refractivity (Wildman–Crippen MR) is 117 cm³/mol. The smallest absolute Gasteiger partial charge is 0.223 e. The zero-order valence-corrected chi connectivity index (χ0v) is 17.9. The maximum atomic E-state index is 12.9. The minimum Gasteiger partial charge on any atom is -0.349 e. The third-order valence-electron chi connectivity index (χ3n) is 5.97. The highest BCUT2D eigenvalue weighted by Crippen LogP contribution is 2.25. The summed E-state index contributed by atoms with van der Waals surface area (Å²) in [7, 11) is 0. The van der Waals surface area contributed by atoms with Crippen LogP contribution in [0, 0.1) is 19.8 Å². The third-order valence-corrected chi connectivity index (χ3v) is 6.34. The van der Waals surface area contributed by atoms with Crippen molar-refractivity contribution in [2.45, 2.75) is 52.6 Å². The molecule has 28 heavy (non-hydrogen) atoms. The normalized spacial score (nSPS) is 16.7. The number of halogens is 1. The predicted octanol–water partition coefficient (Wildman–Crippen LogP) is 5.44. The molecule has 1 atom stereocenters. The number of carbonyl (C=O) groups excluding carboxylic acids is 1. The maximum Gasteiger partial charge on any atom is 0.223 e. The molecule has 1 aliphatic heterocycles. The van der Waals surface area contributed by atoms with E-state index in [1.165, 1.54) is 16.7 Å². The molecule has 2 aromatic carbocycles. The summed E-state index contributed by atoms with van der Waals surface area (Å²) < 4.78 is 0. The Hall–Kier alpha value is -1.84. The number of hydrogen-bond acceptors (Lipinski definition) is 2. The monoisotopic (exact) mass is 398 g/mol. The number of likely N-dealkylation sites (tertiary alicyclic amines) is 1. The van der Waals surface area contributed by atoms with Gasteiger partial charge in [0.05, 0.1) is 6.04 Å². The minimum atomic E-state index is 0.0907. The number of benzene rings is 2. The molecule has 1 saturated heterocycles. The summed E-state index contributed by atoms with van der Waals surface area (Å²) in [6.45, 7) is 9.10. The molecule has 1 N–H and O–H groups in total. The van der Waals surface area contributed by atoms with Crippen molar-refractivity contribution in [3.8, 4) is 0 Å². The molecule has 0 unspecified atom stereocenters. The fourth-order valence-corrected chi connectivity index (χ4v) is 4.11. The van der Waals surface area contributed by atoms with Gasteiger partial charge in [-0.25, -0.2) is 0 Å². The van der Waals surface area contributed by atoms with Gasteiger partial charge >= 0.3 is 0 Å². The molecule has 1 heterocycles. The van der Waals surface area contributed by atoms with E-state index in [1.807, 2.05) is 18.2 Å². The Kier molecular flexibility index (Phi) is 7.14. The fourth-order valence-electron chi connectivity index (χ4n) is 3.91. The Bertz CT molecular complexity index is 812. The largest absolute Gasteiger partial charge is 0.349 e. The topological polar surface area (TPSA) is 32.3 Å². The lowest BCUT2D eigenvalue weighted by Crippen LogP contribution is -2.41. The van der Waals surface area contributed by atoms with Crippen LogP contribution in [-0.4, -0.2) is 23.9 Å². The van der Waals surface area contributed by atoms with E-state index in [9.17, 15) is 4.79 Å². The van der Waals surface area contributed by atoms with Crippen molar-refractivity contribution in [3.05, 3.63) is 69.7 Å². The molecule has 1 amide bonds. The number of carbonyl (C=O) groups is 1. The van der Waals surface area contributed by atoms with Gasteiger partial charge in [0.15, 0.2) is 0 Å².